The van der Waals surface area contributed by atoms with Crippen molar-refractivity contribution in [3.8, 4) is 17.2 Å². The topological polar surface area (TPSA) is 94.8 Å². The molecule has 9 heteroatoms. The highest BCUT2D eigenvalue weighted by Crippen LogP contribution is 2.29. The van der Waals surface area contributed by atoms with Gasteiger partial charge in [0.15, 0.2) is 11.5 Å². The Morgan fingerprint density at radius 3 is 2.61 bits per heavy atom. The Morgan fingerprint density at radius 1 is 1.03 bits per heavy atom. The van der Waals surface area contributed by atoms with Crippen LogP contribution in [0.1, 0.15) is 30.1 Å². The first-order chi connectivity index (χ1) is 16.2. The van der Waals surface area contributed by atoms with Gasteiger partial charge in [0.2, 0.25) is 5.95 Å². The third-order valence-corrected chi connectivity index (χ3v) is 6.09. The molecule has 0 unspecified atom stereocenters. The van der Waals surface area contributed by atoms with Crippen LogP contribution in [-0.2, 0) is 6.54 Å². The van der Waals surface area contributed by atoms with E-state index in [9.17, 15) is 0 Å². The van der Waals surface area contributed by atoms with Gasteiger partial charge in [0, 0.05) is 42.1 Å². The van der Waals surface area contributed by atoms with Crippen molar-refractivity contribution >= 4 is 22.5 Å². The lowest BCUT2D eigenvalue weighted by Crippen LogP contribution is -2.29. The smallest absolute Gasteiger partial charge is 0.226 e. The van der Waals surface area contributed by atoms with Crippen LogP contribution in [0.15, 0.2) is 36.4 Å². The van der Waals surface area contributed by atoms with Gasteiger partial charge in [-0.2, -0.15) is 4.52 Å². The van der Waals surface area contributed by atoms with Crippen LogP contribution in [0.2, 0.25) is 0 Å². The summed E-state index contributed by atoms with van der Waals surface area (Å²) in [5, 5.41) is 12.7. The monoisotopic (exact) mass is 448 g/mol. The fourth-order valence-electron chi connectivity index (χ4n) is 4.26. The molecule has 33 heavy (non-hydrogen) atoms. The third kappa shape index (κ3) is 4.11. The summed E-state index contributed by atoms with van der Waals surface area (Å²) >= 11 is 0. The lowest BCUT2D eigenvalue weighted by Gasteiger charge is -2.19. The Kier molecular flexibility index (Phi) is 5.87. The Balaban J connectivity index is 1.56. The number of piperidine rings is 1. The highest BCUT2D eigenvalue weighted by atomic mass is 16.5. The summed E-state index contributed by atoms with van der Waals surface area (Å²) in [5.74, 6) is 3.99. The van der Waals surface area contributed by atoms with Crippen LogP contribution >= 0.6 is 0 Å². The molecule has 2 N–H and O–H groups in total. The number of benzene rings is 2. The van der Waals surface area contributed by atoms with Crippen LogP contribution in [0.4, 0.5) is 5.95 Å². The Morgan fingerprint density at radius 2 is 1.85 bits per heavy atom. The molecule has 0 aliphatic carbocycles. The van der Waals surface area contributed by atoms with Gasteiger partial charge in [-0.25, -0.2) is 9.97 Å². The maximum atomic E-state index is 5.55. The van der Waals surface area contributed by atoms with Gasteiger partial charge in [0.05, 0.1) is 26.8 Å². The fourth-order valence-corrected chi connectivity index (χ4v) is 4.26. The summed E-state index contributed by atoms with van der Waals surface area (Å²) < 4.78 is 18.1. The zero-order chi connectivity index (χ0) is 22.8. The third-order valence-electron chi connectivity index (χ3n) is 6.09. The Bertz CT molecular complexity index is 1280. The van der Waals surface area contributed by atoms with Crippen molar-refractivity contribution < 1.29 is 14.2 Å². The molecule has 1 saturated heterocycles. The molecule has 1 fully saturated rings. The van der Waals surface area contributed by atoms with Gasteiger partial charge in [-0.3, -0.25) is 0 Å². The first-order valence-electron chi connectivity index (χ1n) is 11.1. The first kappa shape index (κ1) is 21.3. The molecule has 2 aromatic heterocycles. The second kappa shape index (κ2) is 9.11. The summed E-state index contributed by atoms with van der Waals surface area (Å²) in [6, 6.07) is 11.6. The predicted molar refractivity (Wildman–Crippen MR) is 127 cm³/mol. The van der Waals surface area contributed by atoms with Gasteiger partial charge in [0.1, 0.15) is 17.2 Å². The Labute approximate surface area is 192 Å². The molecule has 5 rings (SSSR count). The number of nitrogens with zero attached hydrogens (tertiary/aromatic N) is 4. The molecule has 0 saturated carbocycles. The number of anilines is 1. The minimum Gasteiger partial charge on any atom is -0.497 e. The molecule has 3 heterocycles. The highest BCUT2D eigenvalue weighted by molar-refractivity contribution is 5.93. The van der Waals surface area contributed by atoms with Crippen LogP contribution in [0.25, 0.3) is 16.6 Å². The van der Waals surface area contributed by atoms with E-state index in [0.717, 1.165) is 71.1 Å². The molecule has 0 amide bonds. The fraction of sp³-hybridized carbons (Fsp3) is 0.375. The van der Waals surface area contributed by atoms with E-state index in [1.54, 1.807) is 21.3 Å². The summed E-state index contributed by atoms with van der Waals surface area (Å²) in [4.78, 5) is 9.80. The molecular formula is C24H28N6O3. The Hall–Kier alpha value is -3.59. The van der Waals surface area contributed by atoms with Gasteiger partial charge in [-0.1, -0.05) is 0 Å². The average molecular weight is 449 g/mol. The van der Waals surface area contributed by atoms with E-state index in [0.29, 0.717) is 18.4 Å². The number of aromatic nitrogens is 4. The van der Waals surface area contributed by atoms with Crippen LogP contribution in [0, 0.1) is 0 Å². The van der Waals surface area contributed by atoms with Gasteiger partial charge >= 0.3 is 0 Å². The van der Waals surface area contributed by atoms with Gasteiger partial charge in [-0.15, -0.1) is 5.10 Å². The van der Waals surface area contributed by atoms with Gasteiger partial charge < -0.3 is 24.8 Å². The maximum absolute atomic E-state index is 5.55. The molecule has 172 valence electrons. The maximum Gasteiger partial charge on any atom is 0.226 e. The number of fused-ring (bicyclic) bond motifs is 3. The predicted octanol–water partition coefficient (Wildman–Crippen LogP) is 3.38. The van der Waals surface area contributed by atoms with Crippen molar-refractivity contribution in [2.75, 3.05) is 39.7 Å². The van der Waals surface area contributed by atoms with Crippen LogP contribution in [0.3, 0.4) is 0 Å². The lowest BCUT2D eigenvalue weighted by molar-refractivity contribution is 0.391. The SMILES string of the molecule is COc1ccc(CNc2nc3cc(OC)ccc3c3nc([C@@H]4CCCNC4)nn23)c(OC)c1. The number of hydrogen-bond donors (Lipinski definition) is 2. The molecule has 0 spiro atoms. The first-order valence-corrected chi connectivity index (χ1v) is 11.1. The molecule has 1 aliphatic heterocycles. The van der Waals surface area contributed by atoms with E-state index in [4.69, 9.17) is 29.3 Å². The molecule has 1 atom stereocenters. The van der Waals surface area contributed by atoms with Crippen molar-refractivity contribution in [1.29, 1.82) is 0 Å². The van der Waals surface area contributed by atoms with Crippen LogP contribution in [-0.4, -0.2) is 54.0 Å². The van der Waals surface area contributed by atoms with Crippen molar-refractivity contribution in [2.45, 2.75) is 25.3 Å². The van der Waals surface area contributed by atoms with Crippen molar-refractivity contribution in [3.05, 3.63) is 47.8 Å². The number of nitrogens with one attached hydrogen (secondary N) is 2. The van der Waals surface area contributed by atoms with E-state index in [1.165, 1.54) is 0 Å². The van der Waals surface area contributed by atoms with E-state index in [-0.39, 0.29) is 0 Å². The molecule has 0 bridgehead atoms. The summed E-state index contributed by atoms with van der Waals surface area (Å²) in [6.07, 6.45) is 2.20. The summed E-state index contributed by atoms with van der Waals surface area (Å²) in [6.45, 7) is 2.44. The molecule has 0 radical (unpaired) electrons. The average Bonchev–Trinajstić information content (AvgIpc) is 3.33. The molecule has 2 aromatic carbocycles. The standard InChI is InChI=1S/C24H28N6O3/c1-31-17-8-9-19-20(11-17)27-24(26-14-15-6-7-18(32-2)12-21(15)33-3)30-23(19)28-22(29-30)16-5-4-10-25-13-16/h6-9,11-12,16,25H,4-5,10,13-14H2,1-3H3,(H,26,27)/t16-/m1/s1. The largest absolute Gasteiger partial charge is 0.497 e. The second-order valence-corrected chi connectivity index (χ2v) is 8.10. The molecule has 1 aliphatic rings. The lowest BCUT2D eigenvalue weighted by atomic mass is 9.99. The van der Waals surface area contributed by atoms with Crippen molar-refractivity contribution in [2.24, 2.45) is 0 Å². The van der Waals surface area contributed by atoms with Gasteiger partial charge in [-0.05, 0) is 43.7 Å². The van der Waals surface area contributed by atoms with E-state index in [2.05, 4.69) is 10.6 Å². The summed E-state index contributed by atoms with van der Waals surface area (Å²) in [5.41, 5.74) is 2.56. The summed E-state index contributed by atoms with van der Waals surface area (Å²) in [7, 11) is 4.94. The van der Waals surface area contributed by atoms with Crippen molar-refractivity contribution in [1.82, 2.24) is 24.9 Å². The number of hydrogen-bond acceptors (Lipinski definition) is 8. The van der Waals surface area contributed by atoms with Crippen molar-refractivity contribution in [3.63, 3.8) is 0 Å². The van der Waals surface area contributed by atoms with E-state index < -0.39 is 0 Å². The van der Waals surface area contributed by atoms with E-state index in [1.807, 2.05) is 40.9 Å². The van der Waals surface area contributed by atoms with Crippen LogP contribution < -0.4 is 24.8 Å². The van der Waals surface area contributed by atoms with Crippen LogP contribution in [0.5, 0.6) is 17.2 Å². The number of ether oxygens (including phenoxy) is 3. The zero-order valence-corrected chi connectivity index (χ0v) is 19.1. The zero-order valence-electron chi connectivity index (χ0n) is 19.1. The number of methoxy groups -OCH3 is 3. The van der Waals surface area contributed by atoms with Gasteiger partial charge in [0.25, 0.3) is 0 Å². The molecule has 4 aromatic rings. The van der Waals surface area contributed by atoms with E-state index >= 15 is 0 Å². The highest BCUT2D eigenvalue weighted by Gasteiger charge is 2.22. The quantitative estimate of drug-likeness (QED) is 0.444. The number of rotatable bonds is 7. The molecule has 9 nitrogen and oxygen atoms in total. The minimum atomic E-state index is 0.293. The second-order valence-electron chi connectivity index (χ2n) is 8.10. The minimum absolute atomic E-state index is 0.293. The molecular weight excluding hydrogens is 420 g/mol. The normalized spacial score (nSPS) is 16.2.